The molecule has 0 aromatic heterocycles. The molecule has 0 aliphatic carbocycles. The first-order valence-electron chi connectivity index (χ1n) is 5.05. The molecule has 1 aromatic rings. The van der Waals surface area contributed by atoms with Gasteiger partial charge in [0.1, 0.15) is 5.75 Å². The summed E-state index contributed by atoms with van der Waals surface area (Å²) in [6.07, 6.45) is 0.864. The summed E-state index contributed by atoms with van der Waals surface area (Å²) in [6.45, 7) is 2.40. The summed E-state index contributed by atoms with van der Waals surface area (Å²) in [5.41, 5.74) is 2.05. The van der Waals surface area contributed by atoms with Crippen LogP contribution in [0, 0.1) is 11.3 Å². The second kappa shape index (κ2) is 5.76. The van der Waals surface area contributed by atoms with E-state index in [1.807, 2.05) is 25.1 Å². The number of methoxy groups -OCH3 is 1. The summed E-state index contributed by atoms with van der Waals surface area (Å²) < 4.78 is 5.20. The zero-order valence-electron chi connectivity index (χ0n) is 9.41. The molecule has 4 nitrogen and oxygen atoms in total. The van der Waals surface area contributed by atoms with E-state index in [9.17, 15) is 4.79 Å². The van der Waals surface area contributed by atoms with E-state index in [1.54, 1.807) is 7.11 Å². The standard InChI is InChI=1S/C12H14N2O2/c1-3-10-6-9(4-5-11(10)16-2)8-14-12(15)7-13/h4-6H,3,8H2,1-2H3,(H,14,15). The summed E-state index contributed by atoms with van der Waals surface area (Å²) in [4.78, 5) is 10.8. The number of hydrogen-bond donors (Lipinski definition) is 1. The number of carbonyl (C=O) groups excluding carboxylic acids is 1. The highest BCUT2D eigenvalue weighted by atomic mass is 16.5. The highest BCUT2D eigenvalue weighted by molar-refractivity contribution is 5.91. The molecule has 0 fully saturated rings. The molecule has 0 heterocycles. The highest BCUT2D eigenvalue weighted by Gasteiger charge is 2.03. The Morgan fingerprint density at radius 2 is 2.31 bits per heavy atom. The predicted molar refractivity (Wildman–Crippen MR) is 59.8 cm³/mol. The maximum Gasteiger partial charge on any atom is 0.322 e. The van der Waals surface area contributed by atoms with Gasteiger partial charge in [0.2, 0.25) is 0 Å². The van der Waals surface area contributed by atoms with Crippen LogP contribution in [-0.2, 0) is 17.8 Å². The smallest absolute Gasteiger partial charge is 0.322 e. The van der Waals surface area contributed by atoms with Crippen LogP contribution in [0.15, 0.2) is 18.2 Å². The second-order valence-corrected chi connectivity index (χ2v) is 3.29. The first-order chi connectivity index (χ1) is 7.71. The lowest BCUT2D eigenvalue weighted by molar-refractivity contribution is -0.116. The molecule has 0 saturated heterocycles. The van der Waals surface area contributed by atoms with Gasteiger partial charge in [0, 0.05) is 6.54 Å². The number of ether oxygens (including phenoxy) is 1. The molecule has 1 rings (SSSR count). The Kier molecular flexibility index (Phi) is 4.34. The van der Waals surface area contributed by atoms with Crippen LogP contribution in [0.25, 0.3) is 0 Å². The van der Waals surface area contributed by atoms with Crippen LogP contribution in [0.5, 0.6) is 5.75 Å². The van der Waals surface area contributed by atoms with Crippen molar-refractivity contribution in [2.75, 3.05) is 7.11 Å². The van der Waals surface area contributed by atoms with Gasteiger partial charge >= 0.3 is 5.91 Å². The number of nitrogens with zero attached hydrogens (tertiary/aromatic N) is 1. The lowest BCUT2D eigenvalue weighted by Gasteiger charge is -2.09. The molecule has 0 saturated carbocycles. The SMILES string of the molecule is CCc1cc(CNC(=O)C#N)ccc1OC. The molecule has 1 amide bonds. The van der Waals surface area contributed by atoms with Gasteiger partial charge in [-0.05, 0) is 23.6 Å². The molecule has 1 N–H and O–H groups in total. The van der Waals surface area contributed by atoms with Gasteiger partial charge in [-0.15, -0.1) is 0 Å². The number of rotatable bonds is 4. The van der Waals surface area contributed by atoms with Crippen molar-refractivity contribution in [2.24, 2.45) is 0 Å². The minimum Gasteiger partial charge on any atom is -0.496 e. The van der Waals surface area contributed by atoms with E-state index in [-0.39, 0.29) is 0 Å². The minimum atomic E-state index is -0.617. The van der Waals surface area contributed by atoms with Crippen LogP contribution in [0.3, 0.4) is 0 Å². The average Bonchev–Trinajstić information content (AvgIpc) is 2.35. The molecule has 0 spiro atoms. The predicted octanol–water partition coefficient (Wildman–Crippen LogP) is 1.40. The van der Waals surface area contributed by atoms with Crippen molar-refractivity contribution in [3.8, 4) is 11.8 Å². The summed E-state index contributed by atoms with van der Waals surface area (Å²) in [5.74, 6) is 0.228. The summed E-state index contributed by atoms with van der Waals surface area (Å²) in [5, 5.41) is 10.8. The Bertz CT molecular complexity index is 422. The molecule has 16 heavy (non-hydrogen) atoms. The number of carbonyl (C=O) groups is 1. The Morgan fingerprint density at radius 1 is 1.56 bits per heavy atom. The third kappa shape index (κ3) is 2.99. The molecule has 0 aliphatic rings. The zero-order chi connectivity index (χ0) is 12.0. The quantitative estimate of drug-likeness (QED) is 0.777. The Hall–Kier alpha value is -2.02. The van der Waals surface area contributed by atoms with Gasteiger partial charge in [0.05, 0.1) is 7.11 Å². The van der Waals surface area contributed by atoms with Crippen molar-refractivity contribution in [1.29, 1.82) is 5.26 Å². The number of hydrogen-bond acceptors (Lipinski definition) is 3. The molecule has 4 heteroatoms. The van der Waals surface area contributed by atoms with E-state index < -0.39 is 5.91 Å². The largest absolute Gasteiger partial charge is 0.496 e. The van der Waals surface area contributed by atoms with Gasteiger partial charge in [0.15, 0.2) is 6.07 Å². The molecule has 1 aromatic carbocycles. The summed E-state index contributed by atoms with van der Waals surface area (Å²) >= 11 is 0. The van der Waals surface area contributed by atoms with Crippen LogP contribution in [0.2, 0.25) is 0 Å². The average molecular weight is 218 g/mol. The molecule has 0 aliphatic heterocycles. The van der Waals surface area contributed by atoms with Crippen molar-refractivity contribution < 1.29 is 9.53 Å². The minimum absolute atomic E-state index is 0.364. The van der Waals surface area contributed by atoms with Crippen LogP contribution in [0.4, 0.5) is 0 Å². The lowest BCUT2D eigenvalue weighted by Crippen LogP contribution is -2.20. The fourth-order valence-corrected chi connectivity index (χ4v) is 1.44. The summed E-state index contributed by atoms with van der Waals surface area (Å²) in [7, 11) is 1.63. The van der Waals surface area contributed by atoms with Crippen molar-refractivity contribution in [3.63, 3.8) is 0 Å². The highest BCUT2D eigenvalue weighted by Crippen LogP contribution is 2.20. The molecule has 0 bridgehead atoms. The van der Waals surface area contributed by atoms with Gasteiger partial charge in [-0.25, -0.2) is 0 Å². The molecular weight excluding hydrogens is 204 g/mol. The third-order valence-corrected chi connectivity index (χ3v) is 2.28. The molecule has 84 valence electrons. The van der Waals surface area contributed by atoms with E-state index >= 15 is 0 Å². The normalized spacial score (nSPS) is 9.31. The van der Waals surface area contributed by atoms with Crippen molar-refractivity contribution in [2.45, 2.75) is 19.9 Å². The van der Waals surface area contributed by atoms with Crippen LogP contribution >= 0.6 is 0 Å². The van der Waals surface area contributed by atoms with E-state index in [4.69, 9.17) is 10.00 Å². The van der Waals surface area contributed by atoms with Gasteiger partial charge in [0.25, 0.3) is 0 Å². The Labute approximate surface area is 94.8 Å². The van der Waals surface area contributed by atoms with Crippen molar-refractivity contribution in [1.82, 2.24) is 5.32 Å². The Balaban J connectivity index is 2.76. The van der Waals surface area contributed by atoms with E-state index in [0.717, 1.165) is 23.3 Å². The van der Waals surface area contributed by atoms with Crippen molar-refractivity contribution in [3.05, 3.63) is 29.3 Å². The number of aryl methyl sites for hydroxylation is 1. The van der Waals surface area contributed by atoms with E-state index in [1.165, 1.54) is 6.07 Å². The second-order valence-electron chi connectivity index (χ2n) is 3.29. The fourth-order valence-electron chi connectivity index (χ4n) is 1.44. The Morgan fingerprint density at radius 3 is 2.88 bits per heavy atom. The maximum atomic E-state index is 10.8. The van der Waals surface area contributed by atoms with E-state index in [2.05, 4.69) is 5.32 Å². The summed E-state index contributed by atoms with van der Waals surface area (Å²) in [6, 6.07) is 7.22. The maximum absolute atomic E-state index is 10.8. The van der Waals surface area contributed by atoms with Gasteiger partial charge < -0.3 is 10.1 Å². The van der Waals surface area contributed by atoms with E-state index in [0.29, 0.717) is 6.54 Å². The zero-order valence-corrected chi connectivity index (χ0v) is 9.41. The number of nitrogens with one attached hydrogen (secondary N) is 1. The first kappa shape index (κ1) is 12.1. The van der Waals surface area contributed by atoms with Crippen molar-refractivity contribution >= 4 is 5.91 Å². The van der Waals surface area contributed by atoms with Gasteiger partial charge in [-0.1, -0.05) is 19.1 Å². The first-order valence-corrected chi connectivity index (χ1v) is 5.05. The lowest BCUT2D eigenvalue weighted by atomic mass is 10.1. The topological polar surface area (TPSA) is 62.1 Å². The van der Waals surface area contributed by atoms with Gasteiger partial charge in [-0.3, -0.25) is 4.79 Å². The third-order valence-electron chi connectivity index (χ3n) is 2.28. The van der Waals surface area contributed by atoms with Crippen LogP contribution in [0.1, 0.15) is 18.1 Å². The molecular formula is C12H14N2O2. The molecule has 0 radical (unpaired) electrons. The van der Waals surface area contributed by atoms with Gasteiger partial charge in [-0.2, -0.15) is 5.26 Å². The number of benzene rings is 1. The molecule has 0 unspecified atom stereocenters. The molecule has 0 atom stereocenters. The monoisotopic (exact) mass is 218 g/mol. The number of nitriles is 1. The fraction of sp³-hybridized carbons (Fsp3) is 0.333. The number of amides is 1. The van der Waals surface area contributed by atoms with Crippen LogP contribution in [-0.4, -0.2) is 13.0 Å². The van der Waals surface area contributed by atoms with Crippen LogP contribution < -0.4 is 10.1 Å².